The number of hydrogen-bond donors (Lipinski definition) is 0. The molecule has 4 aromatic rings. The Kier molecular flexibility index (Phi) is 27.2. The third-order valence-electron chi connectivity index (χ3n) is 9.76. The van der Waals surface area contributed by atoms with Crippen molar-refractivity contribution >= 4 is 78.1 Å². The lowest BCUT2D eigenvalue weighted by Crippen LogP contribution is -1.96. The Morgan fingerprint density at radius 1 is 0.403 bits per heavy atom. The topological polar surface area (TPSA) is 102 Å². The van der Waals surface area contributed by atoms with Gasteiger partial charge in [0.1, 0.15) is 11.5 Å². The first-order chi connectivity index (χ1) is 30.4. The van der Waals surface area contributed by atoms with Crippen LogP contribution in [0.25, 0.3) is 0 Å². The Hall–Kier alpha value is -3.58. The minimum atomic E-state index is 0.0531. The lowest BCUT2D eigenvalue weighted by Gasteiger charge is -2.06. The van der Waals surface area contributed by atoms with Crippen molar-refractivity contribution in [2.75, 3.05) is 24.7 Å². The minimum absolute atomic E-state index is 0.0531. The van der Waals surface area contributed by atoms with E-state index in [1.54, 1.807) is 13.8 Å². The molecule has 0 bridgehead atoms. The zero-order valence-corrected chi connectivity index (χ0v) is 40.1. The van der Waals surface area contributed by atoms with Crippen LogP contribution < -0.4 is 9.47 Å². The Morgan fingerprint density at radius 3 is 1.08 bits per heavy atom. The third-order valence-corrected chi connectivity index (χ3v) is 13.9. The predicted molar refractivity (Wildman–Crippen MR) is 266 cm³/mol. The van der Waals surface area contributed by atoms with Crippen molar-refractivity contribution in [1.29, 1.82) is 0 Å². The molecule has 334 valence electrons. The number of benzene rings is 4. The second-order valence-electron chi connectivity index (χ2n) is 15.3. The second-order valence-corrected chi connectivity index (χ2v) is 20.5. The van der Waals surface area contributed by atoms with Gasteiger partial charge in [0.2, 0.25) is 0 Å². The van der Waals surface area contributed by atoms with E-state index >= 15 is 0 Å². The van der Waals surface area contributed by atoms with Gasteiger partial charge in [0.15, 0.2) is 10.2 Å². The van der Waals surface area contributed by atoms with Gasteiger partial charge in [-0.15, -0.1) is 0 Å². The maximum atomic E-state index is 11.3. The molecule has 4 rings (SSSR count). The van der Waals surface area contributed by atoms with Gasteiger partial charge >= 0.3 is 0 Å². The van der Waals surface area contributed by atoms with E-state index < -0.39 is 0 Å². The molecule has 0 saturated heterocycles. The normalized spacial score (nSPS) is 11.5. The first kappa shape index (κ1) is 51.1. The molecule has 0 aliphatic carbocycles. The van der Waals surface area contributed by atoms with Gasteiger partial charge in [-0.1, -0.05) is 147 Å². The summed E-state index contributed by atoms with van der Waals surface area (Å²) in [4.78, 5) is 24.4. The maximum absolute atomic E-state index is 11.3. The van der Waals surface area contributed by atoms with Gasteiger partial charge in [-0.05, 0) is 111 Å². The van der Waals surface area contributed by atoms with Crippen LogP contribution in [0.4, 0.5) is 22.7 Å². The molecule has 0 saturated carbocycles. The quantitative estimate of drug-likeness (QED) is 0.0202. The first-order valence-electron chi connectivity index (χ1n) is 22.5. The summed E-state index contributed by atoms with van der Waals surface area (Å²) in [5.74, 6) is 4.31. The SMILES string of the molecule is CC(=O)Sc1cccc(N=Nc2ccc(OCCCCCCCCCCCSSCCCCCCCCCCCOc3ccc(N=Nc4cccc(SC(C)=O)c4)cc3)cc2)c1. The molecule has 0 aromatic heterocycles. The summed E-state index contributed by atoms with van der Waals surface area (Å²) in [5.41, 5.74) is 2.98. The fourth-order valence-electron chi connectivity index (χ4n) is 6.50. The Labute approximate surface area is 387 Å². The Balaban J connectivity index is 0.837. The van der Waals surface area contributed by atoms with Gasteiger partial charge in [-0.3, -0.25) is 9.59 Å². The van der Waals surface area contributed by atoms with Crippen molar-refractivity contribution in [3.8, 4) is 11.5 Å². The zero-order valence-electron chi connectivity index (χ0n) is 36.8. The van der Waals surface area contributed by atoms with E-state index in [9.17, 15) is 9.59 Å². The molecule has 0 atom stereocenters. The molecular weight excluding hydrogens is 849 g/mol. The van der Waals surface area contributed by atoms with E-state index in [4.69, 9.17) is 9.47 Å². The molecule has 12 heteroatoms. The van der Waals surface area contributed by atoms with E-state index in [-0.39, 0.29) is 10.2 Å². The lowest BCUT2D eigenvalue weighted by atomic mass is 10.1. The molecule has 0 aliphatic heterocycles. The molecule has 8 nitrogen and oxygen atoms in total. The summed E-state index contributed by atoms with van der Waals surface area (Å²) in [5, 5.41) is 17.3. The summed E-state index contributed by atoms with van der Waals surface area (Å²) in [7, 11) is 4.16. The molecule has 0 unspecified atom stereocenters. The van der Waals surface area contributed by atoms with Gasteiger partial charge in [-0.25, -0.2) is 0 Å². The molecular formula is C50H66N4O4S4. The summed E-state index contributed by atoms with van der Waals surface area (Å²) >= 11 is 2.39. The van der Waals surface area contributed by atoms with Crippen molar-refractivity contribution in [1.82, 2.24) is 0 Å². The van der Waals surface area contributed by atoms with Crippen LogP contribution in [0.2, 0.25) is 0 Å². The highest BCUT2D eigenvalue weighted by Crippen LogP contribution is 2.29. The first-order valence-corrected chi connectivity index (χ1v) is 26.7. The molecule has 0 radical (unpaired) electrons. The number of hydrogen-bond acceptors (Lipinski definition) is 12. The molecule has 0 amide bonds. The van der Waals surface area contributed by atoms with Crippen LogP contribution in [0.1, 0.15) is 129 Å². The fraction of sp³-hybridized carbons (Fsp3) is 0.480. The third kappa shape index (κ3) is 24.9. The molecule has 0 spiro atoms. The monoisotopic (exact) mass is 914 g/mol. The number of rotatable bonds is 33. The fourth-order valence-corrected chi connectivity index (χ4v) is 10.1. The van der Waals surface area contributed by atoms with E-state index in [0.29, 0.717) is 0 Å². The highest BCUT2D eigenvalue weighted by molar-refractivity contribution is 8.76. The summed E-state index contributed by atoms with van der Waals surface area (Å²) in [6, 6.07) is 30.5. The van der Waals surface area contributed by atoms with Crippen LogP contribution in [0.15, 0.2) is 127 Å². The summed E-state index contributed by atoms with van der Waals surface area (Å²) in [6.07, 6.45) is 23.4. The van der Waals surface area contributed by atoms with Gasteiger partial charge in [0.05, 0.1) is 36.0 Å². The molecule has 0 fully saturated rings. The highest BCUT2D eigenvalue weighted by atomic mass is 33.1. The zero-order chi connectivity index (χ0) is 43.7. The number of carbonyl (C=O) groups excluding carboxylic acids is 2. The van der Waals surface area contributed by atoms with Crippen molar-refractivity contribution in [3.05, 3.63) is 97.1 Å². The number of ether oxygens (including phenoxy) is 2. The maximum Gasteiger partial charge on any atom is 0.190 e. The summed E-state index contributed by atoms with van der Waals surface area (Å²) in [6.45, 7) is 4.60. The number of unbranched alkanes of at least 4 members (excludes halogenated alkanes) is 16. The smallest absolute Gasteiger partial charge is 0.190 e. The molecule has 62 heavy (non-hydrogen) atoms. The Bertz CT molecular complexity index is 1760. The largest absolute Gasteiger partial charge is 0.494 e. The van der Waals surface area contributed by atoms with Gasteiger partial charge < -0.3 is 9.47 Å². The van der Waals surface area contributed by atoms with Crippen molar-refractivity contribution in [2.24, 2.45) is 20.5 Å². The van der Waals surface area contributed by atoms with E-state index in [1.807, 2.05) is 97.1 Å². The molecule has 0 N–H and O–H groups in total. The standard InChI is InChI=1S/C50H66N4O4S4/c1-41(55)61-49-25-21-23-45(39-49)53-51-43-27-31-47(32-28-43)57-35-17-13-9-5-3-7-11-15-19-37-59-60-38-20-16-12-8-4-6-10-14-18-36-58-48-33-29-44(30-34-48)52-54-46-24-22-26-50(40-46)62-42(2)56/h21-34,39-40H,3-20,35-38H2,1-2H3. The minimum Gasteiger partial charge on any atom is -0.494 e. The van der Waals surface area contributed by atoms with E-state index in [1.165, 1.54) is 138 Å². The second kappa shape index (κ2) is 33.0. The van der Waals surface area contributed by atoms with E-state index in [0.717, 1.165) is 70.1 Å². The Morgan fingerprint density at radius 2 is 0.726 bits per heavy atom. The molecule has 0 aliphatic rings. The summed E-state index contributed by atoms with van der Waals surface area (Å²) < 4.78 is 11.9. The van der Waals surface area contributed by atoms with Crippen LogP contribution in [-0.4, -0.2) is 35.0 Å². The average molecular weight is 915 g/mol. The number of nitrogens with zero attached hydrogens (tertiary/aromatic N) is 4. The average Bonchev–Trinajstić information content (AvgIpc) is 3.27. The van der Waals surface area contributed by atoms with Crippen LogP contribution in [-0.2, 0) is 9.59 Å². The van der Waals surface area contributed by atoms with Gasteiger partial charge in [-0.2, -0.15) is 20.5 Å². The highest BCUT2D eigenvalue weighted by Gasteiger charge is 2.03. The van der Waals surface area contributed by atoms with Crippen LogP contribution >= 0.6 is 45.1 Å². The van der Waals surface area contributed by atoms with Gasteiger partial charge in [0, 0.05) is 35.1 Å². The van der Waals surface area contributed by atoms with Crippen molar-refractivity contribution < 1.29 is 19.1 Å². The molecule has 0 heterocycles. The van der Waals surface area contributed by atoms with Crippen LogP contribution in [0, 0.1) is 0 Å². The molecule has 4 aromatic carbocycles. The van der Waals surface area contributed by atoms with Crippen molar-refractivity contribution in [2.45, 2.75) is 139 Å². The van der Waals surface area contributed by atoms with Crippen LogP contribution in [0.3, 0.4) is 0 Å². The van der Waals surface area contributed by atoms with Crippen molar-refractivity contribution in [3.63, 3.8) is 0 Å². The lowest BCUT2D eigenvalue weighted by molar-refractivity contribution is -0.109. The number of carbonyl (C=O) groups is 2. The number of azo groups is 2. The predicted octanol–water partition coefficient (Wildman–Crippen LogP) is 17.7. The number of thioether (sulfide) groups is 2. The van der Waals surface area contributed by atoms with E-state index in [2.05, 4.69) is 42.0 Å². The van der Waals surface area contributed by atoms with Gasteiger partial charge in [0.25, 0.3) is 0 Å². The van der Waals surface area contributed by atoms with Crippen LogP contribution in [0.5, 0.6) is 11.5 Å².